The van der Waals surface area contributed by atoms with E-state index in [0.29, 0.717) is 11.3 Å². The first kappa shape index (κ1) is 17.0. The lowest BCUT2D eigenvalue weighted by atomic mass is 9.50. The van der Waals surface area contributed by atoms with Crippen molar-refractivity contribution < 1.29 is 14.3 Å². The lowest BCUT2D eigenvalue weighted by Gasteiger charge is -2.54. The average molecular weight is 357 g/mol. The van der Waals surface area contributed by atoms with Gasteiger partial charge in [0.05, 0.1) is 0 Å². The number of hydrogen-bond acceptors (Lipinski definition) is 3. The molecule has 0 bridgehead atoms. The van der Waals surface area contributed by atoms with Gasteiger partial charge in [-0.1, -0.05) is 50.5 Å². The van der Waals surface area contributed by atoms with Crippen LogP contribution in [0.5, 0.6) is 0 Å². The number of allylic oxidation sites excluding steroid dienone is 3. The lowest BCUT2D eigenvalue weighted by Crippen LogP contribution is -2.47. The SMILES string of the molecule is CC[C@H]1CCC2C3=CC=C4C[C@]5(OC(C)=O)O[C@H]5C[C@]4(C)C3CC[C@@]21C. The molecule has 7 atom stereocenters. The Labute approximate surface area is 157 Å². The normalized spacial score (nSPS) is 51.2. The minimum Gasteiger partial charge on any atom is -0.430 e. The Bertz CT molecular complexity index is 721. The lowest BCUT2D eigenvalue weighted by molar-refractivity contribution is -0.156. The standard InChI is InChI=1S/C23H32O3/c1-5-15-7-9-18-17-8-6-16-12-23(25-14(2)24)20(26-23)13-22(16,4)19(17)10-11-21(15,18)3/h6,8,15,18-20H,5,7,9-13H2,1-4H3/t15-,18?,19?,20-,21+,22-,23-/m0/s1. The molecule has 0 aromatic heterocycles. The van der Waals surface area contributed by atoms with E-state index in [1.165, 1.54) is 44.6 Å². The van der Waals surface area contributed by atoms with Crippen molar-refractivity contribution in [3.63, 3.8) is 0 Å². The topological polar surface area (TPSA) is 38.8 Å². The van der Waals surface area contributed by atoms with Gasteiger partial charge < -0.3 is 9.47 Å². The first-order valence-electron chi connectivity index (χ1n) is 10.6. The van der Waals surface area contributed by atoms with Crippen molar-refractivity contribution in [1.29, 1.82) is 0 Å². The zero-order chi connectivity index (χ0) is 18.3. The van der Waals surface area contributed by atoms with Gasteiger partial charge in [0.1, 0.15) is 6.10 Å². The summed E-state index contributed by atoms with van der Waals surface area (Å²) in [6.45, 7) is 8.87. The fourth-order valence-corrected chi connectivity index (χ4v) is 7.42. The zero-order valence-corrected chi connectivity index (χ0v) is 16.6. The van der Waals surface area contributed by atoms with Crippen molar-refractivity contribution in [2.24, 2.45) is 28.6 Å². The maximum absolute atomic E-state index is 11.5. The molecule has 0 radical (unpaired) electrons. The van der Waals surface area contributed by atoms with Crippen LogP contribution in [-0.4, -0.2) is 17.9 Å². The highest BCUT2D eigenvalue weighted by molar-refractivity contribution is 5.67. The minimum atomic E-state index is -0.646. The maximum Gasteiger partial charge on any atom is 0.305 e. The number of carbonyl (C=O) groups excluding carboxylic acids is 1. The molecular formula is C23H32O3. The van der Waals surface area contributed by atoms with Gasteiger partial charge in [0, 0.05) is 13.3 Å². The molecule has 3 saturated carbocycles. The predicted octanol–water partition coefficient (Wildman–Crippen LogP) is 5.16. The quantitative estimate of drug-likeness (QED) is 0.506. The van der Waals surface area contributed by atoms with Gasteiger partial charge in [-0.25, -0.2) is 0 Å². The molecule has 26 heavy (non-hydrogen) atoms. The molecule has 3 nitrogen and oxygen atoms in total. The average Bonchev–Trinajstić information content (AvgIpc) is 3.11. The molecule has 1 aliphatic heterocycles. The summed E-state index contributed by atoms with van der Waals surface area (Å²) < 4.78 is 11.5. The van der Waals surface area contributed by atoms with Crippen molar-refractivity contribution >= 4 is 5.97 Å². The van der Waals surface area contributed by atoms with E-state index >= 15 is 0 Å². The van der Waals surface area contributed by atoms with Gasteiger partial charge in [-0.3, -0.25) is 4.79 Å². The summed E-state index contributed by atoms with van der Waals surface area (Å²) in [5.74, 6) is 1.43. The van der Waals surface area contributed by atoms with Crippen molar-refractivity contribution in [2.45, 2.75) is 84.5 Å². The third-order valence-electron chi connectivity index (χ3n) is 8.92. The third kappa shape index (κ3) is 2.07. The van der Waals surface area contributed by atoms with E-state index in [0.717, 1.165) is 24.7 Å². The molecule has 0 aromatic carbocycles. The van der Waals surface area contributed by atoms with E-state index in [9.17, 15) is 4.79 Å². The molecule has 0 spiro atoms. The summed E-state index contributed by atoms with van der Waals surface area (Å²) in [6.07, 6.45) is 13.4. The second-order valence-electron chi connectivity index (χ2n) is 10.0. The van der Waals surface area contributed by atoms with Gasteiger partial charge in [0.25, 0.3) is 0 Å². The Morgan fingerprint density at radius 2 is 2.04 bits per heavy atom. The maximum atomic E-state index is 11.5. The summed E-state index contributed by atoms with van der Waals surface area (Å²) in [4.78, 5) is 11.5. The molecule has 1 saturated heterocycles. The van der Waals surface area contributed by atoms with Crippen LogP contribution in [0.3, 0.4) is 0 Å². The fourth-order valence-electron chi connectivity index (χ4n) is 7.42. The van der Waals surface area contributed by atoms with Crippen LogP contribution in [0.4, 0.5) is 0 Å². The monoisotopic (exact) mass is 356 g/mol. The van der Waals surface area contributed by atoms with E-state index in [1.54, 1.807) is 5.57 Å². The van der Waals surface area contributed by atoms with Crippen molar-refractivity contribution in [1.82, 2.24) is 0 Å². The molecule has 0 aromatic rings. The Morgan fingerprint density at radius 3 is 2.77 bits per heavy atom. The zero-order valence-electron chi connectivity index (χ0n) is 16.6. The predicted molar refractivity (Wildman–Crippen MR) is 100 cm³/mol. The summed E-state index contributed by atoms with van der Waals surface area (Å²) in [7, 11) is 0. The van der Waals surface area contributed by atoms with Crippen LogP contribution in [0.2, 0.25) is 0 Å². The van der Waals surface area contributed by atoms with Crippen molar-refractivity contribution in [2.75, 3.05) is 0 Å². The number of epoxide rings is 1. The molecule has 3 heteroatoms. The number of esters is 1. The molecule has 5 rings (SSSR count). The van der Waals surface area contributed by atoms with Crippen LogP contribution in [0, 0.1) is 28.6 Å². The first-order valence-corrected chi connectivity index (χ1v) is 10.6. The van der Waals surface area contributed by atoms with Crippen LogP contribution >= 0.6 is 0 Å². The van der Waals surface area contributed by atoms with Crippen LogP contribution in [0.25, 0.3) is 0 Å². The van der Waals surface area contributed by atoms with E-state index < -0.39 is 5.79 Å². The Morgan fingerprint density at radius 1 is 1.23 bits per heavy atom. The second kappa shape index (κ2) is 5.25. The Hall–Kier alpha value is -1.09. The van der Waals surface area contributed by atoms with Crippen LogP contribution < -0.4 is 0 Å². The second-order valence-corrected chi connectivity index (χ2v) is 10.0. The summed E-state index contributed by atoms with van der Waals surface area (Å²) in [5.41, 5.74) is 3.85. The van der Waals surface area contributed by atoms with E-state index in [-0.39, 0.29) is 17.5 Å². The Kier molecular flexibility index (Phi) is 3.44. The van der Waals surface area contributed by atoms with E-state index in [4.69, 9.17) is 9.47 Å². The molecule has 142 valence electrons. The molecule has 0 N–H and O–H groups in total. The fraction of sp³-hybridized carbons (Fsp3) is 0.783. The van der Waals surface area contributed by atoms with Gasteiger partial charge in [0.15, 0.2) is 0 Å². The molecule has 1 heterocycles. The summed E-state index contributed by atoms with van der Waals surface area (Å²) in [6, 6.07) is 0. The van der Waals surface area contributed by atoms with E-state index in [2.05, 4.69) is 32.9 Å². The van der Waals surface area contributed by atoms with Gasteiger partial charge in [-0.05, 0) is 60.7 Å². The number of ether oxygens (including phenoxy) is 2. The molecule has 2 unspecified atom stereocenters. The first-order chi connectivity index (χ1) is 12.3. The number of rotatable bonds is 2. The highest BCUT2D eigenvalue weighted by atomic mass is 16.8. The minimum absolute atomic E-state index is 0.0909. The molecule has 5 aliphatic rings. The van der Waals surface area contributed by atoms with Crippen LogP contribution in [0.1, 0.15) is 72.6 Å². The Balaban J connectivity index is 1.48. The van der Waals surface area contributed by atoms with E-state index in [1.807, 2.05) is 0 Å². The molecule has 4 aliphatic carbocycles. The van der Waals surface area contributed by atoms with Crippen molar-refractivity contribution in [3.05, 3.63) is 23.3 Å². The largest absolute Gasteiger partial charge is 0.430 e. The third-order valence-corrected chi connectivity index (χ3v) is 8.92. The molecule has 4 fully saturated rings. The summed E-state index contributed by atoms with van der Waals surface area (Å²) >= 11 is 0. The molecule has 0 amide bonds. The number of fused-ring (bicyclic) bond motifs is 6. The van der Waals surface area contributed by atoms with Gasteiger partial charge >= 0.3 is 5.97 Å². The smallest absolute Gasteiger partial charge is 0.305 e. The van der Waals surface area contributed by atoms with Crippen LogP contribution in [0.15, 0.2) is 23.3 Å². The van der Waals surface area contributed by atoms with Gasteiger partial charge in [0.2, 0.25) is 5.79 Å². The highest BCUT2D eigenvalue weighted by Gasteiger charge is 2.68. The number of hydrogen-bond donors (Lipinski definition) is 0. The molecular weight excluding hydrogens is 324 g/mol. The van der Waals surface area contributed by atoms with Gasteiger partial charge in [-0.2, -0.15) is 0 Å². The van der Waals surface area contributed by atoms with Crippen molar-refractivity contribution in [3.8, 4) is 0 Å². The number of carbonyl (C=O) groups is 1. The summed E-state index contributed by atoms with van der Waals surface area (Å²) in [5, 5.41) is 0. The highest BCUT2D eigenvalue weighted by Crippen LogP contribution is 2.68. The van der Waals surface area contributed by atoms with Crippen LogP contribution in [-0.2, 0) is 14.3 Å². The van der Waals surface area contributed by atoms with Gasteiger partial charge in [-0.15, -0.1) is 0 Å².